The lowest BCUT2D eigenvalue weighted by Crippen LogP contribution is -2.48. The number of rotatable bonds is 7. The minimum Gasteiger partial charge on any atom is -0.355 e. The topological polar surface area (TPSA) is 49.4 Å². The van der Waals surface area contributed by atoms with Crippen LogP contribution in [-0.2, 0) is 22.6 Å². The first-order valence-electron chi connectivity index (χ1n) is 8.78. The number of hydrogen-bond donors (Lipinski definition) is 1. The quantitative estimate of drug-likeness (QED) is 0.828. The third-order valence-electron chi connectivity index (χ3n) is 4.29. The maximum absolute atomic E-state index is 13.9. The zero-order chi connectivity index (χ0) is 19.1. The number of benzene rings is 2. The lowest BCUT2D eigenvalue weighted by molar-refractivity contribution is -0.140. The summed E-state index contributed by atoms with van der Waals surface area (Å²) in [7, 11) is 0. The highest BCUT2D eigenvalue weighted by Gasteiger charge is 2.26. The predicted molar refractivity (Wildman–Crippen MR) is 100.0 cm³/mol. The van der Waals surface area contributed by atoms with Crippen LogP contribution in [0.4, 0.5) is 4.39 Å². The zero-order valence-corrected chi connectivity index (χ0v) is 15.5. The van der Waals surface area contributed by atoms with E-state index in [9.17, 15) is 14.0 Å². The molecule has 0 radical (unpaired) electrons. The van der Waals surface area contributed by atoms with Gasteiger partial charge in [-0.05, 0) is 38.0 Å². The zero-order valence-electron chi connectivity index (χ0n) is 15.5. The van der Waals surface area contributed by atoms with E-state index >= 15 is 0 Å². The molecule has 2 amide bonds. The number of halogens is 1. The second kappa shape index (κ2) is 9.13. The van der Waals surface area contributed by atoms with E-state index in [2.05, 4.69) is 5.32 Å². The minimum atomic E-state index is -0.643. The van der Waals surface area contributed by atoms with E-state index in [0.29, 0.717) is 18.7 Å². The first-order chi connectivity index (χ1) is 12.4. The molecule has 2 aromatic carbocycles. The van der Waals surface area contributed by atoms with Crippen molar-refractivity contribution in [3.05, 3.63) is 71.0 Å². The number of amides is 2. The lowest BCUT2D eigenvalue weighted by atomic mass is 10.1. The monoisotopic (exact) mass is 356 g/mol. The fourth-order valence-corrected chi connectivity index (χ4v) is 2.70. The van der Waals surface area contributed by atoms with Gasteiger partial charge in [0.05, 0.1) is 6.42 Å². The van der Waals surface area contributed by atoms with Crippen LogP contribution in [-0.4, -0.2) is 29.3 Å². The molecule has 0 aromatic heterocycles. The van der Waals surface area contributed by atoms with Crippen LogP contribution in [0.25, 0.3) is 0 Å². The number of aryl methyl sites for hydroxylation is 1. The Morgan fingerprint density at radius 2 is 1.77 bits per heavy atom. The Hall–Kier alpha value is -2.69. The number of hydrogen-bond acceptors (Lipinski definition) is 2. The molecule has 1 atom stereocenters. The van der Waals surface area contributed by atoms with Gasteiger partial charge in [0.1, 0.15) is 11.9 Å². The molecule has 0 heterocycles. The molecular formula is C21H25FN2O2. The van der Waals surface area contributed by atoms with Crippen LogP contribution in [0.5, 0.6) is 0 Å². The van der Waals surface area contributed by atoms with E-state index in [1.54, 1.807) is 25.1 Å². The molecule has 0 saturated carbocycles. The highest BCUT2D eigenvalue weighted by Crippen LogP contribution is 2.14. The van der Waals surface area contributed by atoms with E-state index in [-0.39, 0.29) is 18.2 Å². The summed E-state index contributed by atoms with van der Waals surface area (Å²) >= 11 is 0. The molecule has 0 fully saturated rings. The van der Waals surface area contributed by atoms with Gasteiger partial charge in [-0.15, -0.1) is 0 Å². The fourth-order valence-electron chi connectivity index (χ4n) is 2.70. The van der Waals surface area contributed by atoms with Crippen LogP contribution in [0.15, 0.2) is 48.5 Å². The molecule has 4 nitrogen and oxygen atoms in total. The molecule has 0 aliphatic rings. The highest BCUT2D eigenvalue weighted by molar-refractivity contribution is 5.88. The van der Waals surface area contributed by atoms with Crippen molar-refractivity contribution in [2.24, 2.45) is 0 Å². The Bertz CT molecular complexity index is 759. The summed E-state index contributed by atoms with van der Waals surface area (Å²) in [6, 6.07) is 13.4. The van der Waals surface area contributed by atoms with E-state index in [1.165, 1.54) is 11.0 Å². The van der Waals surface area contributed by atoms with Crippen LogP contribution >= 0.6 is 0 Å². The highest BCUT2D eigenvalue weighted by atomic mass is 19.1. The first kappa shape index (κ1) is 19.6. The van der Waals surface area contributed by atoms with Crippen molar-refractivity contribution in [1.82, 2.24) is 10.2 Å². The molecule has 0 spiro atoms. The number of nitrogens with zero attached hydrogens (tertiary/aromatic N) is 1. The molecule has 2 rings (SSSR count). The van der Waals surface area contributed by atoms with Crippen molar-refractivity contribution in [2.75, 3.05) is 6.54 Å². The first-order valence-corrected chi connectivity index (χ1v) is 8.78. The van der Waals surface area contributed by atoms with Crippen molar-refractivity contribution in [3.63, 3.8) is 0 Å². The van der Waals surface area contributed by atoms with Gasteiger partial charge in [-0.3, -0.25) is 9.59 Å². The van der Waals surface area contributed by atoms with Gasteiger partial charge in [0.25, 0.3) is 0 Å². The lowest BCUT2D eigenvalue weighted by Gasteiger charge is -2.29. The molecular weight excluding hydrogens is 331 g/mol. The second-order valence-corrected chi connectivity index (χ2v) is 6.35. The number of likely N-dealkylation sites (N-methyl/N-ethyl adjacent to an activating group) is 1. The van der Waals surface area contributed by atoms with Crippen molar-refractivity contribution in [3.8, 4) is 0 Å². The molecule has 0 unspecified atom stereocenters. The van der Waals surface area contributed by atoms with Gasteiger partial charge in [-0.2, -0.15) is 0 Å². The fraction of sp³-hybridized carbons (Fsp3) is 0.333. The number of nitrogens with one attached hydrogen (secondary N) is 1. The average Bonchev–Trinajstić information content (AvgIpc) is 2.62. The Morgan fingerprint density at radius 3 is 2.38 bits per heavy atom. The Labute approximate surface area is 154 Å². The van der Waals surface area contributed by atoms with Gasteiger partial charge in [0, 0.05) is 13.1 Å². The van der Waals surface area contributed by atoms with Gasteiger partial charge in [-0.1, -0.05) is 48.0 Å². The van der Waals surface area contributed by atoms with Crippen LogP contribution in [0.2, 0.25) is 0 Å². The van der Waals surface area contributed by atoms with E-state index in [4.69, 9.17) is 0 Å². The number of carbonyl (C=O) groups excluding carboxylic acids is 2. The molecule has 2 aromatic rings. The van der Waals surface area contributed by atoms with Gasteiger partial charge in [-0.25, -0.2) is 4.39 Å². The predicted octanol–water partition coefficient (Wildman–Crippen LogP) is 3.23. The van der Waals surface area contributed by atoms with E-state index in [1.807, 2.05) is 38.1 Å². The van der Waals surface area contributed by atoms with Crippen LogP contribution in [0.3, 0.4) is 0 Å². The van der Waals surface area contributed by atoms with Crippen LogP contribution in [0.1, 0.15) is 30.5 Å². The maximum atomic E-state index is 13.9. The summed E-state index contributed by atoms with van der Waals surface area (Å²) in [5.74, 6) is -0.919. The summed E-state index contributed by atoms with van der Waals surface area (Å²) in [5.41, 5.74) is 2.37. The van der Waals surface area contributed by atoms with Crippen LogP contribution < -0.4 is 5.32 Å². The van der Waals surface area contributed by atoms with Crippen molar-refractivity contribution >= 4 is 11.8 Å². The van der Waals surface area contributed by atoms with Gasteiger partial charge in [0.2, 0.25) is 11.8 Å². The van der Waals surface area contributed by atoms with Gasteiger partial charge in [0.15, 0.2) is 0 Å². The third kappa shape index (κ3) is 5.15. The second-order valence-electron chi connectivity index (χ2n) is 6.35. The van der Waals surface area contributed by atoms with Gasteiger partial charge >= 0.3 is 0 Å². The summed E-state index contributed by atoms with van der Waals surface area (Å²) in [6.07, 6.45) is -0.0811. The molecule has 0 saturated heterocycles. The molecule has 5 heteroatoms. The number of carbonyl (C=O) groups is 2. The van der Waals surface area contributed by atoms with Crippen molar-refractivity contribution in [2.45, 2.75) is 39.8 Å². The largest absolute Gasteiger partial charge is 0.355 e. The Balaban J connectivity index is 2.23. The summed E-state index contributed by atoms with van der Waals surface area (Å²) < 4.78 is 13.9. The van der Waals surface area contributed by atoms with E-state index < -0.39 is 11.9 Å². The summed E-state index contributed by atoms with van der Waals surface area (Å²) in [5, 5.41) is 2.74. The minimum absolute atomic E-state index is 0.0811. The molecule has 0 aliphatic carbocycles. The SMILES string of the molecule is CCNC(=O)[C@@H](C)N(Cc1ccc(C)cc1)C(=O)Cc1ccccc1F. The smallest absolute Gasteiger partial charge is 0.242 e. The molecule has 1 N–H and O–H groups in total. The normalized spacial score (nSPS) is 11.7. The van der Waals surface area contributed by atoms with E-state index in [0.717, 1.165) is 11.1 Å². The molecule has 26 heavy (non-hydrogen) atoms. The maximum Gasteiger partial charge on any atom is 0.242 e. The third-order valence-corrected chi connectivity index (χ3v) is 4.29. The van der Waals surface area contributed by atoms with Gasteiger partial charge < -0.3 is 10.2 Å². The Morgan fingerprint density at radius 1 is 1.12 bits per heavy atom. The standard InChI is InChI=1S/C21H25FN2O2/c1-4-23-21(26)16(3)24(14-17-11-9-15(2)10-12-17)20(25)13-18-7-5-6-8-19(18)22/h5-12,16H,4,13-14H2,1-3H3,(H,23,26)/t16-/m1/s1. The average molecular weight is 356 g/mol. The summed E-state index contributed by atoms with van der Waals surface area (Å²) in [6.45, 7) is 6.30. The molecule has 0 bridgehead atoms. The molecule has 138 valence electrons. The van der Waals surface area contributed by atoms with Crippen molar-refractivity contribution in [1.29, 1.82) is 0 Å². The molecule has 0 aliphatic heterocycles. The van der Waals surface area contributed by atoms with Crippen LogP contribution in [0, 0.1) is 12.7 Å². The summed E-state index contributed by atoms with van der Waals surface area (Å²) in [4.78, 5) is 26.6. The van der Waals surface area contributed by atoms with Crippen molar-refractivity contribution < 1.29 is 14.0 Å². The Kier molecular flexibility index (Phi) is 6.89.